The summed E-state index contributed by atoms with van der Waals surface area (Å²) in [5.41, 5.74) is 2.28. The maximum Gasteiger partial charge on any atom is 0.223 e. The number of ether oxygens (including phenoxy) is 1. The van der Waals surface area contributed by atoms with E-state index in [1.54, 1.807) is 7.11 Å². The summed E-state index contributed by atoms with van der Waals surface area (Å²) in [4.78, 5) is 28.8. The van der Waals surface area contributed by atoms with Gasteiger partial charge in [-0.2, -0.15) is 0 Å². The fourth-order valence-corrected chi connectivity index (χ4v) is 4.01. The number of carbonyl (C=O) groups excluding carboxylic acids is 2. The molecule has 1 fully saturated rings. The number of aryl methyl sites for hydroxylation is 2. The summed E-state index contributed by atoms with van der Waals surface area (Å²) in [6.45, 7) is 2.44. The summed E-state index contributed by atoms with van der Waals surface area (Å²) in [7, 11) is 1.58. The highest BCUT2D eigenvalue weighted by Gasteiger charge is 2.23. The third kappa shape index (κ3) is 6.23. The van der Waals surface area contributed by atoms with Crippen LogP contribution in [0.2, 0.25) is 5.02 Å². The summed E-state index contributed by atoms with van der Waals surface area (Å²) in [5, 5.41) is 0.557. The summed E-state index contributed by atoms with van der Waals surface area (Å²) < 4.78 is 5.16. The van der Waals surface area contributed by atoms with Gasteiger partial charge in [-0.05, 0) is 42.5 Å². The molecule has 0 saturated carbocycles. The molecule has 0 bridgehead atoms. The Balaban J connectivity index is 1.37. The first-order valence-corrected chi connectivity index (χ1v) is 10.9. The molecular weight excluding hydrogens is 400 g/mol. The van der Waals surface area contributed by atoms with E-state index in [0.29, 0.717) is 56.2 Å². The van der Waals surface area contributed by atoms with E-state index >= 15 is 0 Å². The van der Waals surface area contributed by atoms with Crippen molar-refractivity contribution >= 4 is 23.4 Å². The number of nitrogens with zero attached hydrogens (tertiary/aromatic N) is 2. The van der Waals surface area contributed by atoms with E-state index in [1.807, 2.05) is 46.2 Å². The van der Waals surface area contributed by atoms with Gasteiger partial charge in [-0.25, -0.2) is 0 Å². The predicted molar refractivity (Wildman–Crippen MR) is 119 cm³/mol. The molecule has 6 heteroatoms. The number of benzene rings is 2. The standard InChI is InChI=1S/C24H29ClN2O3/c1-30-22-12-10-20(18-21(22)25)11-13-24(29)27-16-14-26(15-17-27)23(28)9-5-8-19-6-3-2-4-7-19/h2-4,6-7,10,12,18H,5,8-9,11,13-17H2,1H3. The molecule has 2 amide bonds. The number of rotatable bonds is 8. The minimum atomic E-state index is 0.123. The molecule has 0 unspecified atom stereocenters. The van der Waals surface area contributed by atoms with Crippen molar-refractivity contribution in [3.8, 4) is 5.75 Å². The van der Waals surface area contributed by atoms with Crippen LogP contribution >= 0.6 is 11.6 Å². The first kappa shape index (κ1) is 22.2. The second kappa shape index (κ2) is 11.0. The lowest BCUT2D eigenvalue weighted by Crippen LogP contribution is -2.50. The zero-order valence-corrected chi connectivity index (χ0v) is 18.2. The van der Waals surface area contributed by atoms with Gasteiger partial charge in [0, 0.05) is 39.0 Å². The molecule has 2 aromatic rings. The summed E-state index contributed by atoms with van der Waals surface area (Å²) >= 11 is 6.15. The van der Waals surface area contributed by atoms with Crippen LogP contribution in [0.1, 0.15) is 30.4 Å². The van der Waals surface area contributed by atoms with Crippen LogP contribution in [-0.4, -0.2) is 54.9 Å². The molecule has 0 aliphatic carbocycles. The highest BCUT2D eigenvalue weighted by atomic mass is 35.5. The lowest BCUT2D eigenvalue weighted by atomic mass is 10.1. The van der Waals surface area contributed by atoms with Crippen LogP contribution in [0.5, 0.6) is 5.75 Å². The molecule has 1 aliphatic heterocycles. The van der Waals surface area contributed by atoms with Gasteiger partial charge < -0.3 is 14.5 Å². The van der Waals surface area contributed by atoms with Crippen molar-refractivity contribution in [1.29, 1.82) is 0 Å². The first-order valence-electron chi connectivity index (χ1n) is 10.5. The minimum Gasteiger partial charge on any atom is -0.495 e. The molecule has 0 aromatic heterocycles. The normalized spacial score (nSPS) is 13.9. The largest absolute Gasteiger partial charge is 0.495 e. The molecule has 2 aromatic carbocycles. The van der Waals surface area contributed by atoms with Crippen LogP contribution in [0, 0.1) is 0 Å². The van der Waals surface area contributed by atoms with Gasteiger partial charge in [-0.15, -0.1) is 0 Å². The van der Waals surface area contributed by atoms with Crippen LogP contribution in [0.3, 0.4) is 0 Å². The van der Waals surface area contributed by atoms with E-state index in [-0.39, 0.29) is 11.8 Å². The quantitative estimate of drug-likeness (QED) is 0.639. The molecule has 0 N–H and O–H groups in total. The second-order valence-corrected chi connectivity index (χ2v) is 7.98. The van der Waals surface area contributed by atoms with Gasteiger partial charge in [0.1, 0.15) is 5.75 Å². The third-order valence-electron chi connectivity index (χ3n) is 5.53. The van der Waals surface area contributed by atoms with Crippen molar-refractivity contribution in [2.45, 2.75) is 32.1 Å². The predicted octanol–water partition coefficient (Wildman–Crippen LogP) is 3.97. The molecule has 3 rings (SSSR count). The monoisotopic (exact) mass is 428 g/mol. The molecule has 160 valence electrons. The Labute approximate surface area is 183 Å². The van der Waals surface area contributed by atoms with Crippen LogP contribution in [0.25, 0.3) is 0 Å². The van der Waals surface area contributed by atoms with Crippen molar-refractivity contribution in [3.05, 3.63) is 64.7 Å². The summed E-state index contributed by atoms with van der Waals surface area (Å²) in [6, 6.07) is 15.8. The number of carbonyl (C=O) groups is 2. The van der Waals surface area contributed by atoms with E-state index in [1.165, 1.54) is 5.56 Å². The Hall–Kier alpha value is -2.53. The van der Waals surface area contributed by atoms with Crippen molar-refractivity contribution in [2.24, 2.45) is 0 Å². The van der Waals surface area contributed by atoms with Crippen molar-refractivity contribution in [3.63, 3.8) is 0 Å². The Bertz CT molecular complexity index is 849. The SMILES string of the molecule is COc1ccc(CCC(=O)N2CCN(C(=O)CCCc3ccccc3)CC2)cc1Cl. The summed E-state index contributed by atoms with van der Waals surface area (Å²) in [6.07, 6.45) is 3.41. The average molecular weight is 429 g/mol. The van der Waals surface area contributed by atoms with Crippen molar-refractivity contribution in [1.82, 2.24) is 9.80 Å². The molecule has 30 heavy (non-hydrogen) atoms. The maximum absolute atomic E-state index is 12.5. The minimum absolute atomic E-state index is 0.123. The molecule has 5 nitrogen and oxygen atoms in total. The molecule has 1 aliphatic rings. The van der Waals surface area contributed by atoms with Gasteiger partial charge in [-0.3, -0.25) is 9.59 Å². The highest BCUT2D eigenvalue weighted by molar-refractivity contribution is 6.32. The number of methoxy groups -OCH3 is 1. The average Bonchev–Trinajstić information content (AvgIpc) is 2.78. The smallest absolute Gasteiger partial charge is 0.223 e. The van der Waals surface area contributed by atoms with E-state index < -0.39 is 0 Å². The van der Waals surface area contributed by atoms with Gasteiger partial charge in [0.2, 0.25) is 11.8 Å². The van der Waals surface area contributed by atoms with Crippen molar-refractivity contribution in [2.75, 3.05) is 33.3 Å². The Kier molecular flexibility index (Phi) is 8.14. The molecular formula is C24H29ClN2O3. The van der Waals surface area contributed by atoms with Gasteiger partial charge in [0.05, 0.1) is 12.1 Å². The Morgan fingerprint density at radius 3 is 2.10 bits per heavy atom. The molecule has 1 heterocycles. The number of amides is 2. The number of halogens is 1. The van der Waals surface area contributed by atoms with Crippen LogP contribution in [-0.2, 0) is 22.4 Å². The number of hydrogen-bond acceptors (Lipinski definition) is 3. The van der Waals surface area contributed by atoms with Crippen molar-refractivity contribution < 1.29 is 14.3 Å². The second-order valence-electron chi connectivity index (χ2n) is 7.57. The fraction of sp³-hybridized carbons (Fsp3) is 0.417. The van der Waals surface area contributed by atoms with E-state index in [0.717, 1.165) is 18.4 Å². The van der Waals surface area contributed by atoms with Gasteiger partial charge in [0.15, 0.2) is 0 Å². The Morgan fingerprint density at radius 1 is 0.867 bits per heavy atom. The maximum atomic E-state index is 12.5. The first-order chi connectivity index (χ1) is 14.6. The van der Waals surface area contributed by atoms with Gasteiger partial charge in [0.25, 0.3) is 0 Å². The molecule has 0 atom stereocenters. The summed E-state index contributed by atoms with van der Waals surface area (Å²) in [5.74, 6) is 0.945. The lowest BCUT2D eigenvalue weighted by molar-refractivity contribution is -0.139. The van der Waals surface area contributed by atoms with E-state index in [2.05, 4.69) is 12.1 Å². The number of hydrogen-bond donors (Lipinski definition) is 0. The van der Waals surface area contributed by atoms with E-state index in [9.17, 15) is 9.59 Å². The van der Waals surface area contributed by atoms with E-state index in [4.69, 9.17) is 16.3 Å². The lowest BCUT2D eigenvalue weighted by Gasteiger charge is -2.35. The zero-order valence-electron chi connectivity index (χ0n) is 17.5. The third-order valence-corrected chi connectivity index (χ3v) is 5.82. The highest BCUT2D eigenvalue weighted by Crippen LogP contribution is 2.25. The Morgan fingerprint density at radius 2 is 1.50 bits per heavy atom. The molecule has 1 saturated heterocycles. The fourth-order valence-electron chi connectivity index (χ4n) is 3.73. The zero-order chi connectivity index (χ0) is 21.3. The van der Waals surface area contributed by atoms with Gasteiger partial charge in [-0.1, -0.05) is 48.0 Å². The molecule has 0 radical (unpaired) electrons. The van der Waals surface area contributed by atoms with Crippen LogP contribution in [0.15, 0.2) is 48.5 Å². The molecule has 0 spiro atoms. The topological polar surface area (TPSA) is 49.9 Å². The van der Waals surface area contributed by atoms with Crippen LogP contribution < -0.4 is 4.74 Å². The van der Waals surface area contributed by atoms with Crippen LogP contribution in [0.4, 0.5) is 0 Å². The number of piperazine rings is 1. The van der Waals surface area contributed by atoms with Gasteiger partial charge >= 0.3 is 0 Å².